The first kappa shape index (κ1) is 16.5. The quantitative estimate of drug-likeness (QED) is 0.868. The first-order valence-electron chi connectivity index (χ1n) is 5.58. The fourth-order valence-electron chi connectivity index (χ4n) is 1.89. The molecule has 2 nitrogen and oxygen atoms in total. The summed E-state index contributed by atoms with van der Waals surface area (Å²) >= 11 is 0. The van der Waals surface area contributed by atoms with Gasteiger partial charge >= 0.3 is 0 Å². The molecule has 0 saturated heterocycles. The van der Waals surface area contributed by atoms with Crippen LogP contribution in [0, 0.1) is 0 Å². The van der Waals surface area contributed by atoms with Crippen LogP contribution in [0.15, 0.2) is 54.6 Å². The average molecular weight is 266 g/mol. The SMILES string of the molecule is CC(Cc1ccc(O)cc1)c1ccccc1.Cl.N. The van der Waals surface area contributed by atoms with Crippen molar-refractivity contribution in [1.29, 1.82) is 0 Å². The molecule has 2 aromatic carbocycles. The number of rotatable bonds is 3. The lowest BCUT2D eigenvalue weighted by molar-refractivity contribution is 0.475. The molecule has 0 aromatic heterocycles. The Morgan fingerprint density at radius 1 is 0.944 bits per heavy atom. The summed E-state index contributed by atoms with van der Waals surface area (Å²) in [4.78, 5) is 0. The normalized spacial score (nSPS) is 10.9. The maximum absolute atomic E-state index is 9.21. The largest absolute Gasteiger partial charge is 0.508 e. The van der Waals surface area contributed by atoms with Gasteiger partial charge in [0.05, 0.1) is 0 Å². The van der Waals surface area contributed by atoms with E-state index in [1.165, 1.54) is 11.1 Å². The predicted molar refractivity (Wildman–Crippen MR) is 78.9 cm³/mol. The number of hydrogen-bond acceptors (Lipinski definition) is 2. The Labute approximate surface area is 115 Å². The van der Waals surface area contributed by atoms with Gasteiger partial charge in [-0.25, -0.2) is 0 Å². The fourth-order valence-corrected chi connectivity index (χ4v) is 1.89. The molecule has 2 rings (SSSR count). The lowest BCUT2D eigenvalue weighted by Gasteiger charge is -2.11. The van der Waals surface area contributed by atoms with E-state index < -0.39 is 0 Å². The molecule has 98 valence electrons. The van der Waals surface area contributed by atoms with E-state index in [-0.39, 0.29) is 18.6 Å². The van der Waals surface area contributed by atoms with Crippen molar-refractivity contribution in [2.24, 2.45) is 0 Å². The zero-order valence-corrected chi connectivity index (χ0v) is 11.4. The van der Waals surface area contributed by atoms with E-state index >= 15 is 0 Å². The van der Waals surface area contributed by atoms with Crippen molar-refractivity contribution >= 4 is 12.4 Å². The molecule has 0 radical (unpaired) electrons. The van der Waals surface area contributed by atoms with Gasteiger partial charge in [0.2, 0.25) is 0 Å². The van der Waals surface area contributed by atoms with Crippen LogP contribution < -0.4 is 6.15 Å². The van der Waals surface area contributed by atoms with Gasteiger partial charge in [0.15, 0.2) is 0 Å². The van der Waals surface area contributed by atoms with Gasteiger partial charge in [-0.2, -0.15) is 0 Å². The fraction of sp³-hybridized carbons (Fsp3) is 0.200. The topological polar surface area (TPSA) is 55.2 Å². The summed E-state index contributed by atoms with van der Waals surface area (Å²) in [5.41, 5.74) is 2.62. The van der Waals surface area contributed by atoms with E-state index in [1.807, 2.05) is 18.2 Å². The van der Waals surface area contributed by atoms with Crippen molar-refractivity contribution in [3.05, 3.63) is 65.7 Å². The van der Waals surface area contributed by atoms with Crippen molar-refractivity contribution in [3.63, 3.8) is 0 Å². The Morgan fingerprint density at radius 3 is 2.06 bits per heavy atom. The van der Waals surface area contributed by atoms with Crippen molar-refractivity contribution in [2.75, 3.05) is 0 Å². The third kappa shape index (κ3) is 4.40. The second-order valence-corrected chi connectivity index (χ2v) is 4.18. The summed E-state index contributed by atoms with van der Waals surface area (Å²) in [6.07, 6.45) is 1.00. The number of hydrogen-bond donors (Lipinski definition) is 2. The molecule has 0 saturated carbocycles. The molecule has 0 aliphatic heterocycles. The number of phenols is 1. The Kier molecular flexibility index (Phi) is 7.10. The first-order chi connectivity index (χ1) is 7.75. The summed E-state index contributed by atoms with van der Waals surface area (Å²) in [5.74, 6) is 0.835. The van der Waals surface area contributed by atoms with Crippen LogP contribution in [0.5, 0.6) is 5.75 Å². The molecule has 1 atom stereocenters. The lowest BCUT2D eigenvalue weighted by Crippen LogP contribution is -1.97. The molecule has 18 heavy (non-hydrogen) atoms. The van der Waals surface area contributed by atoms with Gasteiger partial charge in [-0.15, -0.1) is 12.4 Å². The van der Waals surface area contributed by atoms with Crippen molar-refractivity contribution in [2.45, 2.75) is 19.3 Å². The smallest absolute Gasteiger partial charge is 0.115 e. The number of aromatic hydroxyl groups is 1. The van der Waals surface area contributed by atoms with Gasteiger partial charge in [0.1, 0.15) is 5.75 Å². The summed E-state index contributed by atoms with van der Waals surface area (Å²) in [6, 6.07) is 17.9. The van der Waals surface area contributed by atoms with Gasteiger partial charge < -0.3 is 11.3 Å². The molecule has 0 heterocycles. The van der Waals surface area contributed by atoms with Crippen LogP contribution in [0.1, 0.15) is 24.0 Å². The minimum Gasteiger partial charge on any atom is -0.508 e. The summed E-state index contributed by atoms with van der Waals surface area (Å²) in [5, 5.41) is 9.21. The van der Waals surface area contributed by atoms with E-state index in [0.29, 0.717) is 11.7 Å². The minimum absolute atomic E-state index is 0. The molecular formula is C15H20ClNO. The zero-order chi connectivity index (χ0) is 11.4. The highest BCUT2D eigenvalue weighted by atomic mass is 35.5. The molecule has 0 fully saturated rings. The van der Waals surface area contributed by atoms with E-state index in [9.17, 15) is 5.11 Å². The second kappa shape index (κ2) is 7.75. The van der Waals surface area contributed by atoms with Crippen molar-refractivity contribution in [3.8, 4) is 5.75 Å². The maximum Gasteiger partial charge on any atom is 0.115 e. The van der Waals surface area contributed by atoms with E-state index in [2.05, 4.69) is 31.2 Å². The van der Waals surface area contributed by atoms with Gasteiger partial charge in [-0.05, 0) is 35.6 Å². The molecule has 3 heteroatoms. The molecule has 1 unspecified atom stereocenters. The number of phenolic OH excluding ortho intramolecular Hbond substituents is 1. The Balaban J connectivity index is 0.00000144. The highest BCUT2D eigenvalue weighted by Gasteiger charge is 2.05. The molecule has 4 N–H and O–H groups in total. The van der Waals surface area contributed by atoms with E-state index in [1.54, 1.807) is 12.1 Å². The second-order valence-electron chi connectivity index (χ2n) is 4.18. The molecule has 0 bridgehead atoms. The highest BCUT2D eigenvalue weighted by molar-refractivity contribution is 5.85. The third-order valence-electron chi connectivity index (χ3n) is 2.85. The minimum atomic E-state index is 0. The zero-order valence-electron chi connectivity index (χ0n) is 10.5. The molecule has 2 aromatic rings. The van der Waals surface area contributed by atoms with Crippen LogP contribution in [0.25, 0.3) is 0 Å². The van der Waals surface area contributed by atoms with Gasteiger partial charge in [-0.3, -0.25) is 0 Å². The van der Waals surface area contributed by atoms with Crippen LogP contribution in [-0.4, -0.2) is 5.11 Å². The monoisotopic (exact) mass is 265 g/mol. The standard InChI is InChI=1S/C15H16O.ClH.H3N/c1-12(14-5-3-2-4-6-14)11-13-7-9-15(16)10-8-13;;/h2-10,12,16H,11H2,1H3;1H;1H3. The Morgan fingerprint density at radius 2 is 1.50 bits per heavy atom. The van der Waals surface area contributed by atoms with Gasteiger partial charge in [-0.1, -0.05) is 49.4 Å². The van der Waals surface area contributed by atoms with Crippen LogP contribution in [-0.2, 0) is 6.42 Å². The number of benzene rings is 2. The van der Waals surface area contributed by atoms with Gasteiger partial charge in [0.25, 0.3) is 0 Å². The summed E-state index contributed by atoms with van der Waals surface area (Å²) in [7, 11) is 0. The third-order valence-corrected chi connectivity index (χ3v) is 2.85. The van der Waals surface area contributed by atoms with Crippen molar-refractivity contribution in [1.82, 2.24) is 6.15 Å². The average Bonchev–Trinajstić information content (AvgIpc) is 2.33. The van der Waals surface area contributed by atoms with Crippen LogP contribution in [0.2, 0.25) is 0 Å². The summed E-state index contributed by atoms with van der Waals surface area (Å²) in [6.45, 7) is 2.22. The molecule has 0 aliphatic carbocycles. The Bertz CT molecular complexity index is 442. The maximum atomic E-state index is 9.21. The van der Waals surface area contributed by atoms with E-state index in [0.717, 1.165) is 6.42 Å². The predicted octanol–water partition coefficient (Wildman–Crippen LogP) is 4.32. The molecule has 0 aliphatic rings. The molecular weight excluding hydrogens is 246 g/mol. The van der Waals surface area contributed by atoms with Crippen molar-refractivity contribution < 1.29 is 5.11 Å². The molecule has 0 spiro atoms. The van der Waals surface area contributed by atoms with E-state index in [4.69, 9.17) is 0 Å². The van der Waals surface area contributed by atoms with Crippen LogP contribution in [0.3, 0.4) is 0 Å². The first-order valence-corrected chi connectivity index (χ1v) is 5.58. The lowest BCUT2D eigenvalue weighted by atomic mass is 9.94. The highest BCUT2D eigenvalue weighted by Crippen LogP contribution is 2.21. The molecule has 0 amide bonds. The van der Waals surface area contributed by atoms with Crippen LogP contribution in [0.4, 0.5) is 0 Å². The van der Waals surface area contributed by atoms with Crippen LogP contribution >= 0.6 is 12.4 Å². The number of halogens is 1. The Hall–Kier alpha value is -1.51. The summed E-state index contributed by atoms with van der Waals surface area (Å²) < 4.78 is 0. The van der Waals surface area contributed by atoms with Gasteiger partial charge in [0, 0.05) is 0 Å².